The molecule has 3 aromatic rings. The molecule has 0 unspecified atom stereocenters. The van der Waals surface area contributed by atoms with Crippen molar-refractivity contribution in [3.8, 4) is 11.4 Å². The van der Waals surface area contributed by atoms with E-state index in [1.807, 2.05) is 0 Å². The SMILES string of the molecule is [O-][n+]1cccc(-c2nsc(Nc3cccc(C(F)(F)F)c3)n2)c1. The molecule has 0 saturated carbocycles. The van der Waals surface area contributed by atoms with Gasteiger partial charge in [-0.3, -0.25) is 0 Å². The summed E-state index contributed by atoms with van der Waals surface area (Å²) in [4.78, 5) is 4.17. The molecule has 2 aromatic heterocycles. The topological polar surface area (TPSA) is 64.8 Å². The number of halogens is 3. The lowest BCUT2D eigenvalue weighted by atomic mass is 10.2. The average molecular weight is 338 g/mol. The number of hydrogen-bond donors (Lipinski definition) is 1. The van der Waals surface area contributed by atoms with Gasteiger partial charge in [0.1, 0.15) is 0 Å². The van der Waals surface area contributed by atoms with Crippen molar-refractivity contribution in [2.45, 2.75) is 6.18 Å². The van der Waals surface area contributed by atoms with E-state index < -0.39 is 11.7 Å². The van der Waals surface area contributed by atoms with Crippen molar-refractivity contribution in [1.29, 1.82) is 0 Å². The summed E-state index contributed by atoms with van der Waals surface area (Å²) in [6.07, 6.45) is -1.76. The van der Waals surface area contributed by atoms with Crippen LogP contribution in [0.1, 0.15) is 5.56 Å². The Labute approximate surface area is 132 Å². The summed E-state index contributed by atoms with van der Waals surface area (Å²) in [7, 11) is 0. The van der Waals surface area contributed by atoms with Crippen molar-refractivity contribution >= 4 is 22.4 Å². The molecule has 0 saturated heterocycles. The minimum absolute atomic E-state index is 0.259. The number of pyridine rings is 1. The largest absolute Gasteiger partial charge is 0.619 e. The Bertz CT molecular complexity index is 835. The van der Waals surface area contributed by atoms with E-state index in [9.17, 15) is 18.4 Å². The smallest absolute Gasteiger partial charge is 0.416 e. The summed E-state index contributed by atoms with van der Waals surface area (Å²) in [6, 6.07) is 8.03. The molecule has 0 aliphatic carbocycles. The summed E-state index contributed by atoms with van der Waals surface area (Å²) in [5, 5.41) is 14.4. The van der Waals surface area contributed by atoms with E-state index in [-0.39, 0.29) is 5.69 Å². The molecule has 3 rings (SSSR count). The van der Waals surface area contributed by atoms with Gasteiger partial charge in [-0.1, -0.05) is 6.07 Å². The maximum absolute atomic E-state index is 12.7. The van der Waals surface area contributed by atoms with Crippen LogP contribution in [-0.4, -0.2) is 9.36 Å². The molecule has 0 bridgehead atoms. The van der Waals surface area contributed by atoms with Gasteiger partial charge in [-0.05, 0) is 24.3 Å². The van der Waals surface area contributed by atoms with E-state index in [4.69, 9.17) is 0 Å². The number of aromatic nitrogens is 3. The Morgan fingerprint density at radius 2 is 2.00 bits per heavy atom. The molecule has 1 aromatic carbocycles. The van der Waals surface area contributed by atoms with Gasteiger partial charge in [-0.2, -0.15) is 27.3 Å². The second-order valence-corrected chi connectivity index (χ2v) is 5.33. The van der Waals surface area contributed by atoms with Gasteiger partial charge in [0.05, 0.1) is 11.1 Å². The molecule has 1 N–H and O–H groups in total. The van der Waals surface area contributed by atoms with Crippen molar-refractivity contribution in [1.82, 2.24) is 9.36 Å². The number of rotatable bonds is 3. The van der Waals surface area contributed by atoms with Crippen molar-refractivity contribution in [3.05, 3.63) is 59.6 Å². The first-order chi connectivity index (χ1) is 10.9. The highest BCUT2D eigenvalue weighted by Gasteiger charge is 2.30. The molecule has 0 amide bonds. The zero-order chi connectivity index (χ0) is 16.4. The molecule has 0 radical (unpaired) electrons. The third-order valence-corrected chi connectivity index (χ3v) is 3.53. The van der Waals surface area contributed by atoms with Crippen molar-refractivity contribution in [3.63, 3.8) is 0 Å². The lowest BCUT2D eigenvalue weighted by Crippen LogP contribution is -2.24. The summed E-state index contributed by atoms with van der Waals surface area (Å²) >= 11 is 0.994. The molecule has 23 heavy (non-hydrogen) atoms. The van der Waals surface area contributed by atoms with Gasteiger partial charge in [0.25, 0.3) is 0 Å². The van der Waals surface area contributed by atoms with Gasteiger partial charge in [0, 0.05) is 23.3 Å². The molecule has 118 valence electrons. The predicted octanol–water partition coefficient (Wildman–Crippen LogP) is 3.60. The van der Waals surface area contributed by atoms with E-state index in [2.05, 4.69) is 14.7 Å². The average Bonchev–Trinajstić information content (AvgIpc) is 2.95. The van der Waals surface area contributed by atoms with E-state index >= 15 is 0 Å². The minimum Gasteiger partial charge on any atom is -0.619 e. The molecule has 0 atom stereocenters. The predicted molar refractivity (Wildman–Crippen MR) is 79.0 cm³/mol. The number of nitrogens with zero attached hydrogens (tertiary/aromatic N) is 3. The van der Waals surface area contributed by atoms with Crippen LogP contribution in [0.25, 0.3) is 11.4 Å². The van der Waals surface area contributed by atoms with E-state index in [0.29, 0.717) is 21.2 Å². The third-order valence-electron chi connectivity index (χ3n) is 2.90. The van der Waals surface area contributed by atoms with Crippen LogP contribution in [-0.2, 0) is 6.18 Å². The Kier molecular flexibility index (Phi) is 3.87. The minimum atomic E-state index is -4.41. The molecule has 0 aliphatic heterocycles. The Morgan fingerprint density at radius 3 is 2.74 bits per heavy atom. The van der Waals surface area contributed by atoms with Gasteiger partial charge in [0.2, 0.25) is 5.13 Å². The van der Waals surface area contributed by atoms with Crippen LogP contribution in [0, 0.1) is 5.21 Å². The van der Waals surface area contributed by atoms with E-state index in [1.54, 1.807) is 12.1 Å². The molecular formula is C14H9F3N4OS. The normalized spacial score (nSPS) is 11.4. The van der Waals surface area contributed by atoms with Crippen LogP contribution in [0.3, 0.4) is 0 Å². The fraction of sp³-hybridized carbons (Fsp3) is 0.0714. The fourth-order valence-corrected chi connectivity index (χ4v) is 2.49. The van der Waals surface area contributed by atoms with Crippen LogP contribution >= 0.6 is 11.5 Å². The number of hydrogen-bond acceptors (Lipinski definition) is 5. The fourth-order valence-electron chi connectivity index (χ4n) is 1.88. The second-order valence-electron chi connectivity index (χ2n) is 4.58. The van der Waals surface area contributed by atoms with E-state index in [1.165, 1.54) is 24.5 Å². The maximum Gasteiger partial charge on any atom is 0.416 e. The quantitative estimate of drug-likeness (QED) is 0.585. The van der Waals surface area contributed by atoms with Crippen LogP contribution in [0.5, 0.6) is 0 Å². The van der Waals surface area contributed by atoms with Gasteiger partial charge in [0.15, 0.2) is 18.2 Å². The highest BCUT2D eigenvalue weighted by molar-refractivity contribution is 7.09. The number of alkyl halides is 3. The number of nitrogens with one attached hydrogen (secondary N) is 1. The van der Waals surface area contributed by atoms with Gasteiger partial charge in [-0.25, -0.2) is 0 Å². The maximum atomic E-state index is 12.7. The standard InChI is InChI=1S/C14H9F3N4OS/c15-14(16,17)10-4-1-5-11(7-10)18-13-19-12(20-23-13)9-3-2-6-21(22)8-9/h1-8H,(H,18,19,20). The van der Waals surface area contributed by atoms with Crippen LogP contribution in [0.4, 0.5) is 24.0 Å². The van der Waals surface area contributed by atoms with Crippen LogP contribution < -0.4 is 10.0 Å². The van der Waals surface area contributed by atoms with Gasteiger partial charge >= 0.3 is 6.18 Å². The Hall–Kier alpha value is -2.68. The number of benzene rings is 1. The monoisotopic (exact) mass is 338 g/mol. The highest BCUT2D eigenvalue weighted by atomic mass is 32.1. The zero-order valence-corrected chi connectivity index (χ0v) is 12.2. The van der Waals surface area contributed by atoms with Crippen molar-refractivity contribution in [2.75, 3.05) is 5.32 Å². The third kappa shape index (κ3) is 3.57. The first-order valence-corrected chi connectivity index (χ1v) is 7.16. The molecule has 9 heteroatoms. The van der Waals surface area contributed by atoms with Crippen molar-refractivity contribution < 1.29 is 17.9 Å². The van der Waals surface area contributed by atoms with Gasteiger partial charge in [-0.15, -0.1) is 0 Å². The second kappa shape index (κ2) is 5.84. The molecular weight excluding hydrogens is 329 g/mol. The molecule has 2 heterocycles. The summed E-state index contributed by atoms with van der Waals surface area (Å²) in [5.41, 5.74) is 0.0352. The lowest BCUT2D eigenvalue weighted by Gasteiger charge is -2.08. The van der Waals surface area contributed by atoms with Crippen molar-refractivity contribution in [2.24, 2.45) is 0 Å². The van der Waals surface area contributed by atoms with Crippen LogP contribution in [0.2, 0.25) is 0 Å². The van der Waals surface area contributed by atoms with E-state index in [0.717, 1.165) is 23.7 Å². The summed E-state index contributed by atoms with van der Waals surface area (Å²) in [6.45, 7) is 0. The number of anilines is 2. The molecule has 5 nitrogen and oxygen atoms in total. The van der Waals surface area contributed by atoms with Gasteiger partial charge < -0.3 is 10.5 Å². The Morgan fingerprint density at radius 1 is 1.17 bits per heavy atom. The molecule has 0 fully saturated rings. The first-order valence-electron chi connectivity index (χ1n) is 6.39. The zero-order valence-electron chi connectivity index (χ0n) is 11.4. The highest BCUT2D eigenvalue weighted by Crippen LogP contribution is 2.31. The summed E-state index contributed by atoms with van der Waals surface area (Å²) < 4.78 is 42.8. The summed E-state index contributed by atoms with van der Waals surface area (Å²) in [5.74, 6) is 0.328. The molecule has 0 aliphatic rings. The molecule has 0 spiro atoms. The first kappa shape index (κ1) is 15.2. The Balaban J connectivity index is 1.82. The lowest BCUT2D eigenvalue weighted by molar-refractivity contribution is -0.604. The van der Waals surface area contributed by atoms with Crippen LogP contribution in [0.15, 0.2) is 48.8 Å².